The number of anilines is 1. The minimum Gasteiger partial charge on any atom is -0.454 e. The zero-order valence-corrected chi connectivity index (χ0v) is 10.3. The average molecular weight is 246 g/mol. The van der Waals surface area contributed by atoms with Crippen LogP contribution in [0.4, 0.5) is 5.88 Å². The molecular weight excluding hydrogens is 232 g/mol. The maximum Gasteiger partial charge on any atom is 0.231 e. The lowest BCUT2D eigenvalue weighted by molar-refractivity contribution is 0.173. The third-order valence-electron chi connectivity index (χ3n) is 3.04. The van der Waals surface area contributed by atoms with Crippen molar-refractivity contribution in [2.75, 3.05) is 12.5 Å². The second-order valence-corrected chi connectivity index (χ2v) is 4.52. The van der Waals surface area contributed by atoms with Crippen LogP contribution < -0.4 is 15.2 Å². The first-order chi connectivity index (χ1) is 8.68. The molecule has 0 spiro atoms. The number of aromatic nitrogens is 1. The molecule has 5 heteroatoms. The monoisotopic (exact) mass is 246 g/mol. The highest BCUT2D eigenvalue weighted by Crippen LogP contribution is 2.45. The molecule has 1 aliphatic rings. The first-order valence-corrected chi connectivity index (χ1v) is 5.81. The summed E-state index contributed by atoms with van der Waals surface area (Å²) in [4.78, 5) is 0. The Morgan fingerprint density at radius 1 is 1.22 bits per heavy atom. The molecular formula is C13H14N2O3. The van der Waals surface area contributed by atoms with Gasteiger partial charge in [-0.15, -0.1) is 0 Å². The minimum atomic E-state index is 0.262. The highest BCUT2D eigenvalue weighted by molar-refractivity contribution is 5.78. The van der Waals surface area contributed by atoms with Gasteiger partial charge in [-0.05, 0) is 23.6 Å². The predicted octanol–water partition coefficient (Wildman–Crippen LogP) is 2.78. The van der Waals surface area contributed by atoms with E-state index in [2.05, 4.69) is 19.0 Å². The maximum atomic E-state index is 5.79. The molecule has 94 valence electrons. The van der Waals surface area contributed by atoms with Crippen LogP contribution in [0.15, 0.2) is 22.9 Å². The van der Waals surface area contributed by atoms with Crippen LogP contribution in [0.2, 0.25) is 0 Å². The van der Waals surface area contributed by atoms with E-state index in [4.69, 9.17) is 19.7 Å². The first kappa shape index (κ1) is 11.0. The lowest BCUT2D eigenvalue weighted by Gasteiger charge is -2.14. The highest BCUT2D eigenvalue weighted by atomic mass is 16.7. The smallest absolute Gasteiger partial charge is 0.231 e. The number of fused-ring (bicyclic) bond motifs is 1. The topological polar surface area (TPSA) is 70.5 Å². The van der Waals surface area contributed by atoms with Crippen LogP contribution in [0.25, 0.3) is 11.1 Å². The molecule has 18 heavy (non-hydrogen) atoms. The molecule has 0 fully saturated rings. The number of rotatable bonds is 2. The molecule has 1 aliphatic heterocycles. The van der Waals surface area contributed by atoms with Crippen LogP contribution in [0.1, 0.15) is 25.3 Å². The molecule has 5 nitrogen and oxygen atoms in total. The summed E-state index contributed by atoms with van der Waals surface area (Å²) in [5.74, 6) is 2.17. The molecule has 2 N–H and O–H groups in total. The quantitative estimate of drug-likeness (QED) is 0.882. The van der Waals surface area contributed by atoms with Crippen molar-refractivity contribution in [3.8, 4) is 22.6 Å². The van der Waals surface area contributed by atoms with E-state index in [1.165, 1.54) is 0 Å². The number of hydrogen-bond acceptors (Lipinski definition) is 5. The van der Waals surface area contributed by atoms with E-state index in [-0.39, 0.29) is 12.7 Å². The van der Waals surface area contributed by atoms with Crippen molar-refractivity contribution >= 4 is 5.88 Å². The average Bonchev–Trinajstić information content (AvgIpc) is 2.95. The molecule has 2 aromatic rings. The molecule has 2 heterocycles. The number of nitrogen functional groups attached to an aromatic ring is 1. The van der Waals surface area contributed by atoms with Crippen molar-refractivity contribution < 1.29 is 14.0 Å². The molecule has 0 bridgehead atoms. The molecule has 0 atom stereocenters. The molecule has 0 aliphatic carbocycles. The summed E-state index contributed by atoms with van der Waals surface area (Å²) in [7, 11) is 0. The summed E-state index contributed by atoms with van der Waals surface area (Å²) in [6.45, 7) is 4.46. The fourth-order valence-corrected chi connectivity index (χ4v) is 2.25. The van der Waals surface area contributed by atoms with E-state index in [0.29, 0.717) is 5.88 Å². The molecule has 1 aromatic heterocycles. The SMILES string of the molecule is CC(C)c1c(-c2cnoc2N)ccc2c1OCO2. The van der Waals surface area contributed by atoms with Crippen molar-refractivity contribution in [1.82, 2.24) is 5.16 Å². The lowest BCUT2D eigenvalue weighted by Crippen LogP contribution is -1.98. The van der Waals surface area contributed by atoms with Crippen molar-refractivity contribution in [3.05, 3.63) is 23.9 Å². The standard InChI is InChI=1S/C13H14N2O3/c1-7(2)11-8(9-5-15-18-13(9)14)3-4-10-12(11)17-6-16-10/h3-5,7H,6,14H2,1-2H3. The van der Waals surface area contributed by atoms with Crippen LogP contribution >= 0.6 is 0 Å². The predicted molar refractivity (Wildman–Crippen MR) is 66.6 cm³/mol. The molecule has 0 radical (unpaired) electrons. The summed E-state index contributed by atoms with van der Waals surface area (Å²) < 4.78 is 15.9. The second kappa shape index (κ2) is 3.94. The van der Waals surface area contributed by atoms with Crippen molar-refractivity contribution in [3.63, 3.8) is 0 Å². The van der Waals surface area contributed by atoms with Gasteiger partial charge in [-0.1, -0.05) is 19.0 Å². The van der Waals surface area contributed by atoms with Crippen LogP contribution in [0, 0.1) is 0 Å². The third kappa shape index (κ3) is 1.51. The molecule has 3 rings (SSSR count). The fourth-order valence-electron chi connectivity index (χ4n) is 2.25. The Kier molecular flexibility index (Phi) is 2.40. The normalized spacial score (nSPS) is 13.3. The fraction of sp³-hybridized carbons (Fsp3) is 0.308. The Morgan fingerprint density at radius 2 is 2.06 bits per heavy atom. The van der Waals surface area contributed by atoms with Gasteiger partial charge in [0, 0.05) is 5.56 Å². The van der Waals surface area contributed by atoms with E-state index >= 15 is 0 Å². The Hall–Kier alpha value is -2.17. The van der Waals surface area contributed by atoms with E-state index in [1.807, 2.05) is 12.1 Å². The molecule has 0 unspecified atom stereocenters. The zero-order chi connectivity index (χ0) is 12.7. The van der Waals surface area contributed by atoms with Gasteiger partial charge < -0.3 is 19.7 Å². The van der Waals surface area contributed by atoms with Gasteiger partial charge in [0.2, 0.25) is 12.7 Å². The van der Waals surface area contributed by atoms with Crippen LogP contribution in [-0.4, -0.2) is 11.9 Å². The Labute approximate surface area is 104 Å². The number of nitrogens with two attached hydrogens (primary N) is 1. The van der Waals surface area contributed by atoms with E-state index in [0.717, 1.165) is 28.2 Å². The summed E-state index contributed by atoms with van der Waals surface area (Å²) >= 11 is 0. The first-order valence-electron chi connectivity index (χ1n) is 5.81. The number of nitrogens with zero attached hydrogens (tertiary/aromatic N) is 1. The van der Waals surface area contributed by atoms with Gasteiger partial charge >= 0.3 is 0 Å². The van der Waals surface area contributed by atoms with Gasteiger partial charge in [-0.2, -0.15) is 0 Å². The Balaban J connectivity index is 2.24. The van der Waals surface area contributed by atoms with Gasteiger partial charge in [-0.25, -0.2) is 0 Å². The number of benzene rings is 1. The van der Waals surface area contributed by atoms with Gasteiger partial charge in [0.05, 0.1) is 11.8 Å². The van der Waals surface area contributed by atoms with Crippen molar-refractivity contribution in [2.24, 2.45) is 0 Å². The summed E-state index contributed by atoms with van der Waals surface area (Å²) in [5.41, 5.74) is 8.62. The van der Waals surface area contributed by atoms with E-state index in [9.17, 15) is 0 Å². The van der Waals surface area contributed by atoms with Crippen molar-refractivity contribution in [2.45, 2.75) is 19.8 Å². The second-order valence-electron chi connectivity index (χ2n) is 4.52. The van der Waals surface area contributed by atoms with Gasteiger partial charge in [0.25, 0.3) is 0 Å². The number of ether oxygens (including phenoxy) is 2. The number of hydrogen-bond donors (Lipinski definition) is 1. The molecule has 0 saturated carbocycles. The zero-order valence-electron chi connectivity index (χ0n) is 10.3. The largest absolute Gasteiger partial charge is 0.454 e. The van der Waals surface area contributed by atoms with Crippen LogP contribution in [-0.2, 0) is 0 Å². The molecule has 1 aromatic carbocycles. The van der Waals surface area contributed by atoms with Crippen LogP contribution in [0.5, 0.6) is 11.5 Å². The summed E-state index contributed by atoms with van der Waals surface area (Å²) in [6, 6.07) is 3.85. The summed E-state index contributed by atoms with van der Waals surface area (Å²) in [6.07, 6.45) is 1.62. The maximum absolute atomic E-state index is 5.79. The minimum absolute atomic E-state index is 0.262. The third-order valence-corrected chi connectivity index (χ3v) is 3.04. The van der Waals surface area contributed by atoms with E-state index in [1.54, 1.807) is 6.20 Å². The molecule has 0 saturated heterocycles. The summed E-state index contributed by atoms with van der Waals surface area (Å²) in [5, 5.41) is 3.72. The van der Waals surface area contributed by atoms with Gasteiger partial charge in [0.1, 0.15) is 0 Å². The molecule has 0 amide bonds. The Bertz CT molecular complexity index is 590. The lowest BCUT2D eigenvalue weighted by atomic mass is 9.92. The van der Waals surface area contributed by atoms with E-state index < -0.39 is 0 Å². The highest BCUT2D eigenvalue weighted by Gasteiger charge is 2.24. The van der Waals surface area contributed by atoms with Gasteiger partial charge in [-0.3, -0.25) is 0 Å². The Morgan fingerprint density at radius 3 is 2.72 bits per heavy atom. The van der Waals surface area contributed by atoms with Crippen LogP contribution in [0.3, 0.4) is 0 Å². The van der Waals surface area contributed by atoms with Gasteiger partial charge in [0.15, 0.2) is 11.5 Å². The van der Waals surface area contributed by atoms with Crippen molar-refractivity contribution in [1.29, 1.82) is 0 Å².